The Bertz CT molecular complexity index is 3050. The molecule has 1 N–H and O–H groups in total. The molecule has 4 aromatic heterocycles. The third kappa shape index (κ3) is 4.80. The first kappa shape index (κ1) is 32.0. The monoisotopic (exact) mass is 702 g/mol. The summed E-state index contributed by atoms with van der Waals surface area (Å²) in [5.74, 6) is 1.72. The molecule has 0 radical (unpaired) electrons. The van der Waals surface area contributed by atoms with Crippen molar-refractivity contribution >= 4 is 54.9 Å². The molecule has 0 fully saturated rings. The van der Waals surface area contributed by atoms with E-state index >= 15 is 0 Å². The van der Waals surface area contributed by atoms with E-state index in [0.717, 1.165) is 72.0 Å². The summed E-state index contributed by atoms with van der Waals surface area (Å²) in [5.41, 5.74) is 13.7. The van der Waals surface area contributed by atoms with E-state index in [0.29, 0.717) is 23.1 Å². The van der Waals surface area contributed by atoms with E-state index in [4.69, 9.17) is 14.4 Å². The number of pyridine rings is 1. The van der Waals surface area contributed by atoms with Gasteiger partial charge in [-0.05, 0) is 102 Å². The van der Waals surface area contributed by atoms with E-state index < -0.39 is 0 Å². The molecule has 4 heterocycles. The lowest BCUT2D eigenvalue weighted by Gasteiger charge is -2.22. The number of hydrogen-bond donors (Lipinski definition) is 1. The van der Waals surface area contributed by atoms with Crippen LogP contribution in [0.3, 0.4) is 0 Å². The van der Waals surface area contributed by atoms with Gasteiger partial charge in [0, 0.05) is 33.0 Å². The second-order valence-electron chi connectivity index (χ2n) is 14.8. The van der Waals surface area contributed by atoms with Crippen LogP contribution in [-0.4, -0.2) is 24.2 Å². The van der Waals surface area contributed by atoms with E-state index in [1.54, 1.807) is 6.07 Å². The molecule has 6 aromatic carbocycles. The molecule has 262 valence electrons. The summed E-state index contributed by atoms with van der Waals surface area (Å²) in [6.07, 6.45) is 0. The number of nitrogens with zero attached hydrogens (tertiary/aromatic N) is 4. The van der Waals surface area contributed by atoms with Crippen LogP contribution in [-0.2, 0) is 0 Å². The lowest BCUT2D eigenvalue weighted by atomic mass is 9.92. The van der Waals surface area contributed by atoms with Crippen molar-refractivity contribution in [2.45, 2.75) is 39.5 Å². The van der Waals surface area contributed by atoms with Gasteiger partial charge in [-0.1, -0.05) is 88.4 Å². The molecule has 54 heavy (non-hydrogen) atoms. The first-order chi connectivity index (χ1) is 26.4. The summed E-state index contributed by atoms with van der Waals surface area (Å²) in [5, 5.41) is 13.8. The fourth-order valence-electron chi connectivity index (χ4n) is 8.28. The second-order valence-corrected chi connectivity index (χ2v) is 14.8. The maximum absolute atomic E-state index is 10.8. The van der Waals surface area contributed by atoms with Crippen LogP contribution in [0, 0.1) is 0 Å². The van der Waals surface area contributed by atoms with E-state index in [1.165, 1.54) is 16.8 Å². The quantitative estimate of drug-likeness (QED) is 0.187. The van der Waals surface area contributed by atoms with Gasteiger partial charge >= 0.3 is 0 Å². The van der Waals surface area contributed by atoms with Gasteiger partial charge in [-0.3, -0.25) is 4.57 Å². The molecule has 0 saturated heterocycles. The number of benzene rings is 6. The standard InChI is InChI=1S/C48H38N4O2/c1-28(2)32-16-12-17-33(29(3)4)47(32)52-38-19-10-9-18-37(38)50-48(52)30-21-25-42-35(27-30)44-43(54-42)26-24-39-45(44)46-40(51(39)31-13-6-5-7-14-31)23-22-36(49-46)34-15-8-11-20-41(34)53/h5-29,53H,1-4H3. The highest BCUT2D eigenvalue weighted by Gasteiger charge is 2.24. The summed E-state index contributed by atoms with van der Waals surface area (Å²) < 4.78 is 11.3. The molecule has 0 amide bonds. The van der Waals surface area contributed by atoms with Gasteiger partial charge in [0.15, 0.2) is 0 Å². The van der Waals surface area contributed by atoms with Crippen LogP contribution in [0.2, 0.25) is 0 Å². The molecule has 0 atom stereocenters. The molecule has 6 nitrogen and oxygen atoms in total. The molecule has 0 aliphatic rings. The Hall–Kier alpha value is -6.66. The fourth-order valence-corrected chi connectivity index (χ4v) is 8.28. The minimum Gasteiger partial charge on any atom is -0.507 e. The maximum Gasteiger partial charge on any atom is 0.145 e. The number of fused-ring (bicyclic) bond motifs is 8. The fraction of sp³-hybridized carbons (Fsp3) is 0.125. The van der Waals surface area contributed by atoms with Gasteiger partial charge in [0.2, 0.25) is 0 Å². The lowest BCUT2D eigenvalue weighted by molar-refractivity contribution is 0.477. The van der Waals surface area contributed by atoms with Crippen molar-refractivity contribution < 1.29 is 9.52 Å². The molecular formula is C48H38N4O2. The third-order valence-electron chi connectivity index (χ3n) is 10.8. The zero-order valence-electron chi connectivity index (χ0n) is 30.6. The molecule has 0 spiro atoms. The van der Waals surface area contributed by atoms with Crippen molar-refractivity contribution in [2.24, 2.45) is 0 Å². The number of hydrogen-bond acceptors (Lipinski definition) is 4. The van der Waals surface area contributed by atoms with Gasteiger partial charge in [-0.25, -0.2) is 9.97 Å². The van der Waals surface area contributed by atoms with Crippen LogP contribution in [0.4, 0.5) is 0 Å². The molecule has 0 bridgehead atoms. The highest BCUT2D eigenvalue weighted by molar-refractivity contribution is 6.27. The largest absolute Gasteiger partial charge is 0.507 e. The van der Waals surface area contributed by atoms with Gasteiger partial charge in [-0.2, -0.15) is 0 Å². The van der Waals surface area contributed by atoms with Crippen molar-refractivity contribution in [3.8, 4) is 39.8 Å². The first-order valence-corrected chi connectivity index (χ1v) is 18.6. The van der Waals surface area contributed by atoms with E-state index in [-0.39, 0.29) is 5.75 Å². The Morgan fingerprint density at radius 3 is 2.06 bits per heavy atom. The molecule has 0 aliphatic heterocycles. The van der Waals surface area contributed by atoms with Gasteiger partial charge in [-0.15, -0.1) is 0 Å². The maximum atomic E-state index is 10.8. The number of phenolic OH excluding ortho intramolecular Hbond substituents is 1. The van der Waals surface area contributed by atoms with Gasteiger partial charge in [0.05, 0.1) is 39.0 Å². The van der Waals surface area contributed by atoms with E-state index in [2.05, 4.69) is 140 Å². The Kier molecular flexibility index (Phi) is 7.24. The van der Waals surface area contributed by atoms with Crippen molar-refractivity contribution in [1.82, 2.24) is 19.1 Å². The number of furan rings is 1. The zero-order chi connectivity index (χ0) is 36.7. The van der Waals surface area contributed by atoms with Gasteiger partial charge in [0.25, 0.3) is 0 Å². The van der Waals surface area contributed by atoms with Crippen molar-refractivity contribution in [1.29, 1.82) is 0 Å². The Balaban J connectivity index is 1.30. The van der Waals surface area contributed by atoms with Crippen molar-refractivity contribution in [3.63, 3.8) is 0 Å². The number of aromatic hydroxyl groups is 1. The van der Waals surface area contributed by atoms with Crippen molar-refractivity contribution in [3.05, 3.63) is 151 Å². The van der Waals surface area contributed by atoms with E-state index in [9.17, 15) is 5.11 Å². The topological polar surface area (TPSA) is 69.0 Å². The molecule has 6 heteroatoms. The SMILES string of the molecule is CC(C)c1cccc(C(C)C)c1-n1c(-c2ccc3oc4ccc5c(c6nc(-c7ccccc7O)ccc6n5-c5ccccc5)c4c3c2)nc2ccccc21. The normalized spacial score (nSPS) is 12.1. The van der Waals surface area contributed by atoms with Crippen LogP contribution in [0.1, 0.15) is 50.7 Å². The smallest absolute Gasteiger partial charge is 0.145 e. The number of para-hydroxylation sites is 5. The lowest BCUT2D eigenvalue weighted by Crippen LogP contribution is -2.08. The first-order valence-electron chi connectivity index (χ1n) is 18.6. The van der Waals surface area contributed by atoms with Crippen LogP contribution >= 0.6 is 0 Å². The van der Waals surface area contributed by atoms with Crippen LogP contribution in [0.25, 0.3) is 88.9 Å². The van der Waals surface area contributed by atoms with Crippen molar-refractivity contribution in [2.75, 3.05) is 0 Å². The van der Waals surface area contributed by atoms with Crippen LogP contribution < -0.4 is 0 Å². The summed E-state index contributed by atoms with van der Waals surface area (Å²) in [6, 6.07) is 47.6. The number of rotatable bonds is 6. The third-order valence-corrected chi connectivity index (χ3v) is 10.8. The second kappa shape index (κ2) is 12.2. The summed E-state index contributed by atoms with van der Waals surface area (Å²) in [4.78, 5) is 10.6. The predicted molar refractivity (Wildman–Crippen MR) is 221 cm³/mol. The summed E-state index contributed by atoms with van der Waals surface area (Å²) in [7, 11) is 0. The molecular weight excluding hydrogens is 665 g/mol. The highest BCUT2D eigenvalue weighted by atomic mass is 16.3. The van der Waals surface area contributed by atoms with E-state index in [1.807, 2.05) is 30.3 Å². The molecule has 0 saturated carbocycles. The average Bonchev–Trinajstić information content (AvgIpc) is 3.87. The Morgan fingerprint density at radius 2 is 1.28 bits per heavy atom. The minimum absolute atomic E-state index is 0.197. The van der Waals surface area contributed by atoms with Gasteiger partial charge < -0.3 is 14.1 Å². The molecule has 10 rings (SSSR count). The minimum atomic E-state index is 0.197. The van der Waals surface area contributed by atoms with Crippen LogP contribution in [0.5, 0.6) is 5.75 Å². The Morgan fingerprint density at radius 1 is 0.574 bits per heavy atom. The highest BCUT2D eigenvalue weighted by Crippen LogP contribution is 2.44. The number of aromatic nitrogens is 4. The predicted octanol–water partition coefficient (Wildman–Crippen LogP) is 12.7. The molecule has 0 aliphatic carbocycles. The summed E-state index contributed by atoms with van der Waals surface area (Å²) in [6.45, 7) is 9.06. The molecule has 0 unspecified atom stereocenters. The Labute approximate surface area is 312 Å². The number of phenols is 1. The van der Waals surface area contributed by atoms with Gasteiger partial charge in [0.1, 0.15) is 22.7 Å². The zero-order valence-corrected chi connectivity index (χ0v) is 30.6. The average molecular weight is 703 g/mol. The summed E-state index contributed by atoms with van der Waals surface area (Å²) >= 11 is 0. The molecule has 10 aromatic rings. The number of imidazole rings is 1. The van der Waals surface area contributed by atoms with Crippen LogP contribution in [0.15, 0.2) is 144 Å².